The summed E-state index contributed by atoms with van der Waals surface area (Å²) in [4.78, 5) is 11.8. The van der Waals surface area contributed by atoms with Gasteiger partial charge in [-0.3, -0.25) is 4.79 Å². The number of ether oxygens (including phenoxy) is 1. The number of rotatable bonds is 3. The topological polar surface area (TPSA) is 26.3 Å². The Hall–Kier alpha value is -1.57. The lowest BCUT2D eigenvalue weighted by Gasteiger charge is -2.22. The number of carbonyl (C=O) groups is 1. The molecule has 17 heavy (non-hydrogen) atoms. The number of Topliss-reactive ketones (excluding diaryl/α,β-unsaturated/α-hetero) is 1. The number of fused-ring (bicyclic) bond motifs is 1. The number of carbonyl (C=O) groups excluding carboxylic acids is 1. The van der Waals surface area contributed by atoms with Gasteiger partial charge in [-0.1, -0.05) is 32.0 Å². The first-order valence-corrected chi connectivity index (χ1v) is 6.03. The molecule has 0 aromatic heterocycles. The van der Waals surface area contributed by atoms with E-state index in [-0.39, 0.29) is 11.7 Å². The van der Waals surface area contributed by atoms with Gasteiger partial charge in [0.2, 0.25) is 0 Å². The average Bonchev–Trinajstić information content (AvgIpc) is 2.33. The summed E-state index contributed by atoms with van der Waals surface area (Å²) >= 11 is 0. The van der Waals surface area contributed by atoms with Crippen LogP contribution >= 0.6 is 0 Å². The fourth-order valence-corrected chi connectivity index (χ4v) is 1.96. The predicted octanol–water partition coefficient (Wildman–Crippen LogP) is 3.47. The molecule has 0 radical (unpaired) electrons. The van der Waals surface area contributed by atoms with Gasteiger partial charge in [-0.05, 0) is 24.1 Å². The maximum absolute atomic E-state index is 11.8. The number of ketones is 1. The first kappa shape index (κ1) is 11.9. The standard InChI is InChI=1S/C15H18O2/c1-10(2)14(16)8-12-9-17-15-7-5-4-6-13(15)11(12)3/h4-7,10H,8-9H2,1-3H3. The van der Waals surface area contributed by atoms with Crippen molar-refractivity contribution in [3.8, 4) is 5.75 Å². The summed E-state index contributed by atoms with van der Waals surface area (Å²) in [5.41, 5.74) is 3.42. The second-order valence-corrected chi connectivity index (χ2v) is 4.81. The smallest absolute Gasteiger partial charge is 0.139 e. The molecule has 0 bridgehead atoms. The summed E-state index contributed by atoms with van der Waals surface area (Å²) in [6.07, 6.45) is 0.512. The molecule has 0 aliphatic carbocycles. The molecule has 0 atom stereocenters. The van der Waals surface area contributed by atoms with E-state index in [4.69, 9.17) is 4.74 Å². The minimum absolute atomic E-state index is 0.0903. The van der Waals surface area contributed by atoms with Crippen LogP contribution in [-0.4, -0.2) is 12.4 Å². The van der Waals surface area contributed by atoms with Gasteiger partial charge in [0.25, 0.3) is 0 Å². The summed E-state index contributed by atoms with van der Waals surface area (Å²) in [5.74, 6) is 1.29. The van der Waals surface area contributed by atoms with Gasteiger partial charge in [-0.15, -0.1) is 0 Å². The van der Waals surface area contributed by atoms with Gasteiger partial charge >= 0.3 is 0 Å². The lowest BCUT2D eigenvalue weighted by atomic mass is 9.93. The van der Waals surface area contributed by atoms with E-state index in [0.717, 1.165) is 16.9 Å². The van der Waals surface area contributed by atoms with E-state index in [2.05, 4.69) is 6.92 Å². The van der Waals surface area contributed by atoms with Crippen LogP contribution in [0.5, 0.6) is 5.75 Å². The maximum atomic E-state index is 11.8. The Morgan fingerprint density at radius 1 is 1.35 bits per heavy atom. The third-order valence-electron chi connectivity index (χ3n) is 3.25. The van der Waals surface area contributed by atoms with Gasteiger partial charge < -0.3 is 4.74 Å². The third-order valence-corrected chi connectivity index (χ3v) is 3.25. The molecule has 1 aromatic carbocycles. The van der Waals surface area contributed by atoms with Gasteiger partial charge in [0.05, 0.1) is 0 Å². The Balaban J connectivity index is 2.28. The summed E-state index contributed by atoms with van der Waals surface area (Å²) in [6.45, 7) is 6.50. The minimum Gasteiger partial charge on any atom is -0.489 e. The summed E-state index contributed by atoms with van der Waals surface area (Å²) in [5, 5.41) is 0. The molecule has 2 heteroatoms. The molecule has 1 aliphatic heterocycles. The van der Waals surface area contributed by atoms with E-state index in [0.29, 0.717) is 13.0 Å². The molecular formula is C15H18O2. The van der Waals surface area contributed by atoms with Crippen LogP contribution in [0.25, 0.3) is 5.57 Å². The van der Waals surface area contributed by atoms with Crippen molar-refractivity contribution < 1.29 is 9.53 Å². The Labute approximate surface area is 102 Å². The van der Waals surface area contributed by atoms with E-state index in [1.807, 2.05) is 38.1 Å². The van der Waals surface area contributed by atoms with Gasteiger partial charge in [-0.25, -0.2) is 0 Å². The highest BCUT2D eigenvalue weighted by molar-refractivity contribution is 5.86. The summed E-state index contributed by atoms with van der Waals surface area (Å²) in [7, 11) is 0. The first-order chi connectivity index (χ1) is 8.09. The van der Waals surface area contributed by atoms with Crippen molar-refractivity contribution in [3.05, 3.63) is 35.4 Å². The Bertz CT molecular complexity index is 470. The highest BCUT2D eigenvalue weighted by Crippen LogP contribution is 2.33. The molecule has 0 amide bonds. The third kappa shape index (κ3) is 2.41. The van der Waals surface area contributed by atoms with Crippen LogP contribution in [0.2, 0.25) is 0 Å². The van der Waals surface area contributed by atoms with Crippen molar-refractivity contribution in [1.29, 1.82) is 0 Å². The van der Waals surface area contributed by atoms with Crippen molar-refractivity contribution >= 4 is 11.4 Å². The second-order valence-electron chi connectivity index (χ2n) is 4.81. The van der Waals surface area contributed by atoms with Crippen molar-refractivity contribution in [2.45, 2.75) is 27.2 Å². The molecule has 2 nitrogen and oxygen atoms in total. The Morgan fingerprint density at radius 2 is 2.06 bits per heavy atom. The Kier molecular flexibility index (Phi) is 3.32. The number of allylic oxidation sites excluding steroid dienone is 1. The lowest BCUT2D eigenvalue weighted by Crippen LogP contribution is -2.16. The molecule has 0 unspecified atom stereocenters. The first-order valence-electron chi connectivity index (χ1n) is 6.03. The Morgan fingerprint density at radius 3 is 2.76 bits per heavy atom. The van der Waals surface area contributed by atoms with Crippen molar-refractivity contribution in [2.24, 2.45) is 5.92 Å². The molecule has 90 valence electrons. The number of benzene rings is 1. The number of hydrogen-bond donors (Lipinski definition) is 0. The highest BCUT2D eigenvalue weighted by atomic mass is 16.5. The molecule has 0 saturated heterocycles. The summed E-state index contributed by atoms with van der Waals surface area (Å²) in [6, 6.07) is 7.98. The largest absolute Gasteiger partial charge is 0.489 e. The zero-order valence-corrected chi connectivity index (χ0v) is 10.6. The molecule has 1 aliphatic rings. The van der Waals surface area contributed by atoms with Crippen LogP contribution in [0.3, 0.4) is 0 Å². The van der Waals surface area contributed by atoms with Crippen molar-refractivity contribution in [3.63, 3.8) is 0 Å². The lowest BCUT2D eigenvalue weighted by molar-refractivity contribution is -0.121. The number of para-hydroxylation sites is 1. The van der Waals surface area contributed by atoms with Gasteiger partial charge in [0, 0.05) is 17.9 Å². The molecule has 1 heterocycles. The molecule has 0 N–H and O–H groups in total. The number of hydrogen-bond acceptors (Lipinski definition) is 2. The van der Waals surface area contributed by atoms with Gasteiger partial charge in [0.15, 0.2) is 0 Å². The van der Waals surface area contributed by atoms with Crippen LogP contribution in [0.1, 0.15) is 32.8 Å². The van der Waals surface area contributed by atoms with Crippen LogP contribution in [0.4, 0.5) is 0 Å². The fourth-order valence-electron chi connectivity index (χ4n) is 1.96. The van der Waals surface area contributed by atoms with Crippen LogP contribution in [0.15, 0.2) is 29.8 Å². The van der Waals surface area contributed by atoms with Crippen molar-refractivity contribution in [2.75, 3.05) is 6.61 Å². The van der Waals surface area contributed by atoms with Gasteiger partial charge in [0.1, 0.15) is 18.1 Å². The van der Waals surface area contributed by atoms with Crippen LogP contribution in [-0.2, 0) is 4.79 Å². The van der Waals surface area contributed by atoms with E-state index in [1.54, 1.807) is 0 Å². The van der Waals surface area contributed by atoms with Crippen LogP contribution in [0, 0.1) is 5.92 Å². The molecule has 0 fully saturated rings. The predicted molar refractivity (Wildman–Crippen MR) is 69.0 cm³/mol. The van der Waals surface area contributed by atoms with Crippen LogP contribution < -0.4 is 4.74 Å². The SMILES string of the molecule is CC1=C(CC(=O)C(C)C)COc2ccccc21. The van der Waals surface area contributed by atoms with E-state index >= 15 is 0 Å². The molecular weight excluding hydrogens is 212 g/mol. The van der Waals surface area contributed by atoms with Gasteiger partial charge in [-0.2, -0.15) is 0 Å². The zero-order valence-electron chi connectivity index (χ0n) is 10.6. The maximum Gasteiger partial charge on any atom is 0.139 e. The molecule has 0 saturated carbocycles. The average molecular weight is 230 g/mol. The monoisotopic (exact) mass is 230 g/mol. The normalized spacial score (nSPS) is 14.6. The molecule has 1 aromatic rings. The molecule has 0 spiro atoms. The zero-order chi connectivity index (χ0) is 12.4. The van der Waals surface area contributed by atoms with E-state index < -0.39 is 0 Å². The fraction of sp³-hybridized carbons (Fsp3) is 0.400. The van der Waals surface area contributed by atoms with E-state index in [9.17, 15) is 4.79 Å². The second kappa shape index (κ2) is 4.74. The quantitative estimate of drug-likeness (QED) is 0.794. The van der Waals surface area contributed by atoms with Crippen molar-refractivity contribution in [1.82, 2.24) is 0 Å². The minimum atomic E-state index is 0.0903. The summed E-state index contributed by atoms with van der Waals surface area (Å²) < 4.78 is 5.68. The van der Waals surface area contributed by atoms with E-state index in [1.165, 1.54) is 5.57 Å². The highest BCUT2D eigenvalue weighted by Gasteiger charge is 2.19. The molecule has 2 rings (SSSR count).